The second-order valence-corrected chi connectivity index (χ2v) is 6.06. The summed E-state index contributed by atoms with van der Waals surface area (Å²) in [6.45, 7) is 0. The zero-order valence-corrected chi connectivity index (χ0v) is 12.9. The van der Waals surface area contributed by atoms with Gasteiger partial charge in [0, 0.05) is 16.5 Å². The van der Waals surface area contributed by atoms with E-state index >= 15 is 0 Å². The van der Waals surface area contributed by atoms with Crippen LogP contribution in [0.1, 0.15) is 29.9 Å². The van der Waals surface area contributed by atoms with Gasteiger partial charge in [-0.2, -0.15) is 0 Å². The van der Waals surface area contributed by atoms with Crippen molar-refractivity contribution in [2.75, 3.05) is 0 Å². The van der Waals surface area contributed by atoms with Crippen LogP contribution in [0.5, 0.6) is 0 Å². The van der Waals surface area contributed by atoms with Crippen LogP contribution in [0.3, 0.4) is 0 Å². The molecular formula is C18H14Cl2O. The van der Waals surface area contributed by atoms with Crippen molar-refractivity contribution in [3.05, 3.63) is 75.8 Å². The van der Waals surface area contributed by atoms with E-state index < -0.39 is 0 Å². The zero-order valence-electron chi connectivity index (χ0n) is 11.4. The van der Waals surface area contributed by atoms with Gasteiger partial charge in [0.15, 0.2) is 5.78 Å². The van der Waals surface area contributed by atoms with E-state index in [4.69, 9.17) is 23.2 Å². The summed E-state index contributed by atoms with van der Waals surface area (Å²) >= 11 is 12.6. The Labute approximate surface area is 134 Å². The van der Waals surface area contributed by atoms with Gasteiger partial charge in [-0.05, 0) is 47.2 Å². The molecule has 0 heterocycles. The fourth-order valence-electron chi connectivity index (χ4n) is 2.85. The molecule has 0 saturated carbocycles. The van der Waals surface area contributed by atoms with Crippen molar-refractivity contribution in [2.24, 2.45) is 0 Å². The average Bonchev–Trinajstić information content (AvgIpc) is 2.47. The number of carbonyl (C=O) groups excluding carboxylic acids is 1. The molecule has 0 aliphatic heterocycles. The first-order valence-corrected chi connectivity index (χ1v) is 7.63. The van der Waals surface area contributed by atoms with E-state index in [1.54, 1.807) is 6.08 Å². The molecule has 2 aromatic carbocycles. The van der Waals surface area contributed by atoms with E-state index in [0.717, 1.165) is 23.1 Å². The summed E-state index contributed by atoms with van der Waals surface area (Å²) < 4.78 is 0. The Morgan fingerprint density at radius 3 is 2.19 bits per heavy atom. The normalized spacial score (nSPS) is 18.5. The highest BCUT2D eigenvalue weighted by molar-refractivity contribution is 6.36. The van der Waals surface area contributed by atoms with Gasteiger partial charge in [0.1, 0.15) is 0 Å². The van der Waals surface area contributed by atoms with Crippen LogP contribution in [0.2, 0.25) is 10.0 Å². The van der Waals surface area contributed by atoms with E-state index in [0.29, 0.717) is 16.5 Å². The third kappa shape index (κ3) is 3.04. The number of carbonyl (C=O) groups is 1. The van der Waals surface area contributed by atoms with Crippen LogP contribution in [0.4, 0.5) is 0 Å². The minimum atomic E-state index is 0.0407. The highest BCUT2D eigenvalue weighted by Crippen LogP contribution is 2.41. The Morgan fingerprint density at radius 1 is 0.857 bits per heavy atom. The fourth-order valence-corrected chi connectivity index (χ4v) is 3.56. The highest BCUT2D eigenvalue weighted by Gasteiger charge is 2.26. The van der Waals surface area contributed by atoms with E-state index in [-0.39, 0.29) is 11.7 Å². The first-order valence-electron chi connectivity index (χ1n) is 6.88. The van der Waals surface area contributed by atoms with Crippen molar-refractivity contribution in [1.82, 2.24) is 0 Å². The lowest BCUT2D eigenvalue weighted by Crippen LogP contribution is -2.13. The van der Waals surface area contributed by atoms with Crippen LogP contribution >= 0.6 is 23.2 Å². The molecule has 1 atom stereocenters. The molecule has 0 fully saturated rings. The third-order valence-corrected chi connectivity index (χ3v) is 4.46. The van der Waals surface area contributed by atoms with Gasteiger partial charge >= 0.3 is 0 Å². The molecule has 1 aliphatic rings. The number of benzene rings is 2. The molecule has 0 aromatic heterocycles. The quantitative estimate of drug-likeness (QED) is 0.712. The maximum Gasteiger partial charge on any atom is 0.156 e. The molecule has 106 valence electrons. The average molecular weight is 317 g/mol. The molecule has 3 rings (SSSR count). The summed E-state index contributed by atoms with van der Waals surface area (Å²) in [4.78, 5) is 12.1. The van der Waals surface area contributed by atoms with Crippen LogP contribution in [0.25, 0.3) is 5.57 Å². The fraction of sp³-hybridized carbons (Fsp3) is 0.167. The van der Waals surface area contributed by atoms with Gasteiger partial charge in [-0.3, -0.25) is 4.79 Å². The molecule has 21 heavy (non-hydrogen) atoms. The molecule has 1 aliphatic carbocycles. The van der Waals surface area contributed by atoms with Gasteiger partial charge in [-0.15, -0.1) is 0 Å². The van der Waals surface area contributed by atoms with E-state index in [2.05, 4.69) is 0 Å². The molecule has 0 unspecified atom stereocenters. The first kappa shape index (κ1) is 14.4. The van der Waals surface area contributed by atoms with Crippen molar-refractivity contribution in [3.63, 3.8) is 0 Å². The minimum absolute atomic E-state index is 0.0407. The summed E-state index contributed by atoms with van der Waals surface area (Å²) in [6, 6.07) is 15.5. The number of hydrogen-bond donors (Lipinski definition) is 0. The number of ketones is 1. The molecule has 0 saturated heterocycles. The Kier molecular flexibility index (Phi) is 4.14. The predicted octanol–water partition coefficient (Wildman–Crippen LogP) is 5.52. The summed E-state index contributed by atoms with van der Waals surface area (Å²) in [6.07, 6.45) is 2.98. The van der Waals surface area contributed by atoms with Gasteiger partial charge < -0.3 is 0 Å². The van der Waals surface area contributed by atoms with Crippen molar-refractivity contribution in [1.29, 1.82) is 0 Å². The van der Waals surface area contributed by atoms with Crippen molar-refractivity contribution in [3.8, 4) is 0 Å². The zero-order chi connectivity index (χ0) is 14.8. The molecule has 3 heteroatoms. The van der Waals surface area contributed by atoms with Crippen LogP contribution in [-0.4, -0.2) is 5.78 Å². The van der Waals surface area contributed by atoms with Gasteiger partial charge in [-0.1, -0.05) is 59.6 Å². The summed E-state index contributed by atoms with van der Waals surface area (Å²) in [5.74, 6) is 0.167. The summed E-state index contributed by atoms with van der Waals surface area (Å²) in [7, 11) is 0. The third-order valence-electron chi connectivity index (χ3n) is 3.80. The second-order valence-electron chi connectivity index (χ2n) is 5.24. The van der Waals surface area contributed by atoms with Crippen LogP contribution in [0.15, 0.2) is 54.6 Å². The standard InChI is InChI=1S/C18H14Cl2O/c19-16-7-4-8-17(20)18(16)14-9-13(10-15(21)11-14)12-5-2-1-3-6-12/h1-8,10,14H,9,11H2/t14-/m1/s1. The molecule has 0 radical (unpaired) electrons. The monoisotopic (exact) mass is 316 g/mol. The van der Waals surface area contributed by atoms with Gasteiger partial charge in [0.25, 0.3) is 0 Å². The lowest BCUT2D eigenvalue weighted by Gasteiger charge is -2.24. The van der Waals surface area contributed by atoms with Crippen LogP contribution < -0.4 is 0 Å². The molecule has 1 nitrogen and oxygen atoms in total. The van der Waals surface area contributed by atoms with Crippen molar-refractivity contribution >= 4 is 34.6 Å². The van der Waals surface area contributed by atoms with E-state index in [1.165, 1.54) is 0 Å². The maximum atomic E-state index is 12.1. The maximum absolute atomic E-state index is 12.1. The lowest BCUT2D eigenvalue weighted by molar-refractivity contribution is -0.115. The lowest BCUT2D eigenvalue weighted by atomic mass is 9.81. The minimum Gasteiger partial charge on any atom is -0.295 e. The van der Waals surface area contributed by atoms with E-state index in [9.17, 15) is 4.79 Å². The van der Waals surface area contributed by atoms with Crippen LogP contribution in [0, 0.1) is 0 Å². The van der Waals surface area contributed by atoms with Crippen molar-refractivity contribution in [2.45, 2.75) is 18.8 Å². The number of halogens is 2. The highest BCUT2D eigenvalue weighted by atomic mass is 35.5. The molecule has 2 aromatic rings. The summed E-state index contributed by atoms with van der Waals surface area (Å²) in [5, 5.41) is 1.27. The Balaban J connectivity index is 1.97. The topological polar surface area (TPSA) is 17.1 Å². The van der Waals surface area contributed by atoms with Gasteiger partial charge in [0.05, 0.1) is 0 Å². The first-order chi connectivity index (χ1) is 10.1. The Morgan fingerprint density at radius 2 is 1.52 bits per heavy atom. The largest absolute Gasteiger partial charge is 0.295 e. The van der Waals surface area contributed by atoms with E-state index in [1.807, 2.05) is 48.5 Å². The Hall–Kier alpha value is -1.57. The van der Waals surface area contributed by atoms with Crippen molar-refractivity contribution < 1.29 is 4.79 Å². The summed E-state index contributed by atoms with van der Waals surface area (Å²) in [5.41, 5.74) is 3.02. The van der Waals surface area contributed by atoms with Crippen LogP contribution in [-0.2, 0) is 4.79 Å². The molecule has 0 spiro atoms. The number of allylic oxidation sites excluding steroid dienone is 2. The predicted molar refractivity (Wildman–Crippen MR) is 87.9 cm³/mol. The SMILES string of the molecule is O=C1C=C(c2ccccc2)C[C@@H](c2c(Cl)cccc2Cl)C1. The number of hydrogen-bond acceptors (Lipinski definition) is 1. The smallest absolute Gasteiger partial charge is 0.156 e. The Bertz CT molecular complexity index is 684. The number of rotatable bonds is 2. The molecule has 0 bridgehead atoms. The molecule has 0 amide bonds. The molecule has 0 N–H and O–H groups in total. The van der Waals surface area contributed by atoms with Gasteiger partial charge in [-0.25, -0.2) is 0 Å². The molecular weight excluding hydrogens is 303 g/mol. The van der Waals surface area contributed by atoms with Gasteiger partial charge in [0.2, 0.25) is 0 Å². The second kappa shape index (κ2) is 6.05.